The number of allylic oxidation sites excluding steroid dienone is 1. The molecule has 1 nitrogen and oxygen atoms in total. The van der Waals surface area contributed by atoms with Crippen LogP contribution in [0.25, 0.3) is 16.8 Å². The topological polar surface area (TPSA) is 12.0 Å². The Balaban J connectivity index is 1.89. The van der Waals surface area contributed by atoms with Crippen LogP contribution in [0.5, 0.6) is 0 Å². The van der Waals surface area contributed by atoms with Gasteiger partial charge in [0.1, 0.15) is 0 Å². The monoisotopic (exact) mass is 287 g/mol. The molecule has 0 unspecified atom stereocenters. The second-order valence-electron chi connectivity index (χ2n) is 5.57. The van der Waals surface area contributed by atoms with Crippen molar-refractivity contribution in [3.8, 4) is 0 Å². The van der Waals surface area contributed by atoms with Crippen molar-refractivity contribution in [1.82, 2.24) is 0 Å². The minimum absolute atomic E-state index is 1.06. The highest BCUT2D eigenvalue weighted by Gasteiger charge is 2.00. The molecule has 3 rings (SSSR count). The Hall–Kier alpha value is -2.54. The lowest BCUT2D eigenvalue weighted by Crippen LogP contribution is -1.92. The highest BCUT2D eigenvalue weighted by Crippen LogP contribution is 2.24. The predicted molar refractivity (Wildman–Crippen MR) is 97.7 cm³/mol. The zero-order chi connectivity index (χ0) is 15.4. The summed E-state index contributed by atoms with van der Waals surface area (Å²) in [6, 6.07) is 21.4. The van der Waals surface area contributed by atoms with Crippen molar-refractivity contribution in [3.63, 3.8) is 0 Å². The maximum Gasteiger partial charge on any atom is 0.0390 e. The van der Waals surface area contributed by atoms with Crippen molar-refractivity contribution in [2.24, 2.45) is 0 Å². The van der Waals surface area contributed by atoms with E-state index in [0.29, 0.717) is 0 Å². The van der Waals surface area contributed by atoms with Crippen LogP contribution in [0.2, 0.25) is 0 Å². The molecule has 0 aliphatic heterocycles. The third kappa shape index (κ3) is 3.20. The Morgan fingerprint density at radius 3 is 2.41 bits per heavy atom. The first kappa shape index (κ1) is 14.4. The van der Waals surface area contributed by atoms with E-state index in [1.165, 1.54) is 21.9 Å². The molecule has 0 aliphatic carbocycles. The van der Waals surface area contributed by atoms with Gasteiger partial charge in [-0.1, -0.05) is 55.5 Å². The van der Waals surface area contributed by atoms with Crippen LogP contribution in [0.3, 0.4) is 0 Å². The molecule has 1 heteroatoms. The molecule has 0 bridgehead atoms. The van der Waals surface area contributed by atoms with E-state index in [9.17, 15) is 0 Å². The van der Waals surface area contributed by atoms with Crippen molar-refractivity contribution < 1.29 is 0 Å². The maximum atomic E-state index is 3.51. The van der Waals surface area contributed by atoms with Gasteiger partial charge in [-0.15, -0.1) is 0 Å². The molecule has 22 heavy (non-hydrogen) atoms. The summed E-state index contributed by atoms with van der Waals surface area (Å²) in [5.41, 5.74) is 4.81. The molecule has 1 N–H and O–H groups in total. The van der Waals surface area contributed by atoms with Gasteiger partial charge in [0.2, 0.25) is 0 Å². The maximum absolute atomic E-state index is 3.51. The number of rotatable bonds is 4. The fourth-order valence-electron chi connectivity index (χ4n) is 2.58. The lowest BCUT2D eigenvalue weighted by molar-refractivity contribution is 1.23. The highest BCUT2D eigenvalue weighted by molar-refractivity contribution is 5.86. The molecular weight excluding hydrogens is 266 g/mol. The van der Waals surface area contributed by atoms with Crippen LogP contribution in [0.4, 0.5) is 11.4 Å². The third-order valence-electron chi connectivity index (χ3n) is 3.85. The molecular formula is C21H21N. The fraction of sp³-hybridized carbons (Fsp3) is 0.143. The molecule has 0 heterocycles. The van der Waals surface area contributed by atoms with Gasteiger partial charge >= 0.3 is 0 Å². The smallest absolute Gasteiger partial charge is 0.0390 e. The van der Waals surface area contributed by atoms with Crippen molar-refractivity contribution in [2.75, 3.05) is 5.32 Å². The van der Waals surface area contributed by atoms with E-state index in [4.69, 9.17) is 0 Å². The van der Waals surface area contributed by atoms with Crippen molar-refractivity contribution in [1.29, 1.82) is 0 Å². The molecule has 0 saturated heterocycles. The summed E-state index contributed by atoms with van der Waals surface area (Å²) in [7, 11) is 0. The third-order valence-corrected chi connectivity index (χ3v) is 3.85. The zero-order valence-corrected chi connectivity index (χ0v) is 13.1. The predicted octanol–water partition coefficient (Wildman–Crippen LogP) is 6.32. The van der Waals surface area contributed by atoms with Crippen LogP contribution >= 0.6 is 0 Å². The van der Waals surface area contributed by atoms with E-state index in [1.807, 2.05) is 0 Å². The zero-order valence-electron chi connectivity index (χ0n) is 13.1. The molecule has 0 spiro atoms. The quantitative estimate of drug-likeness (QED) is 0.592. The van der Waals surface area contributed by atoms with Crippen LogP contribution < -0.4 is 5.32 Å². The first-order valence-corrected chi connectivity index (χ1v) is 7.79. The van der Waals surface area contributed by atoms with Crippen molar-refractivity contribution >= 4 is 28.2 Å². The van der Waals surface area contributed by atoms with E-state index in [0.717, 1.165) is 17.8 Å². The number of fused-ring (bicyclic) bond motifs is 1. The fourth-order valence-corrected chi connectivity index (χ4v) is 2.58. The van der Waals surface area contributed by atoms with Gasteiger partial charge in [0.25, 0.3) is 0 Å². The van der Waals surface area contributed by atoms with E-state index in [1.54, 1.807) is 0 Å². The number of benzene rings is 3. The summed E-state index contributed by atoms with van der Waals surface area (Å²) in [5, 5.41) is 6.03. The standard InChI is InChI=1S/C21H21N/c1-3-4-7-18-14-20(12-10-16(18)2)22-21-13-11-17-8-5-6-9-19(17)15-21/h4-15,22H,3H2,1-2H3/b7-4-. The van der Waals surface area contributed by atoms with Gasteiger partial charge in [0.15, 0.2) is 0 Å². The molecule has 0 saturated carbocycles. The van der Waals surface area contributed by atoms with Crippen molar-refractivity contribution in [3.05, 3.63) is 77.9 Å². The molecule has 0 atom stereocenters. The summed E-state index contributed by atoms with van der Waals surface area (Å²) in [6.45, 7) is 4.30. The minimum Gasteiger partial charge on any atom is -0.355 e. The molecule has 110 valence electrons. The summed E-state index contributed by atoms with van der Waals surface area (Å²) in [6.07, 6.45) is 5.45. The Bertz CT molecular complexity index is 815. The molecule has 3 aromatic carbocycles. The van der Waals surface area contributed by atoms with Gasteiger partial charge in [0, 0.05) is 11.4 Å². The van der Waals surface area contributed by atoms with E-state index >= 15 is 0 Å². The van der Waals surface area contributed by atoms with Crippen LogP contribution in [0.1, 0.15) is 24.5 Å². The average molecular weight is 287 g/mol. The molecule has 0 aliphatic rings. The Morgan fingerprint density at radius 1 is 0.864 bits per heavy atom. The summed E-state index contributed by atoms with van der Waals surface area (Å²) >= 11 is 0. The van der Waals surface area contributed by atoms with E-state index in [2.05, 4.69) is 92.0 Å². The van der Waals surface area contributed by atoms with Crippen LogP contribution in [0, 0.1) is 6.92 Å². The summed E-state index contributed by atoms with van der Waals surface area (Å²) in [5.74, 6) is 0. The molecule has 3 aromatic rings. The van der Waals surface area contributed by atoms with Crippen LogP contribution in [-0.2, 0) is 0 Å². The lowest BCUT2D eigenvalue weighted by Gasteiger charge is -2.10. The molecule has 0 aromatic heterocycles. The molecule has 0 amide bonds. The SMILES string of the molecule is CC/C=C\c1cc(Nc2ccc3ccccc3c2)ccc1C. The highest BCUT2D eigenvalue weighted by atomic mass is 14.9. The van der Waals surface area contributed by atoms with E-state index in [-0.39, 0.29) is 0 Å². The number of hydrogen-bond donors (Lipinski definition) is 1. The Morgan fingerprint density at radius 2 is 1.59 bits per heavy atom. The van der Waals surface area contributed by atoms with Gasteiger partial charge in [-0.2, -0.15) is 0 Å². The Labute approximate surface area is 132 Å². The minimum atomic E-state index is 1.06. The largest absolute Gasteiger partial charge is 0.355 e. The first-order chi connectivity index (χ1) is 10.8. The van der Waals surface area contributed by atoms with Crippen LogP contribution in [0.15, 0.2) is 66.7 Å². The lowest BCUT2D eigenvalue weighted by atomic mass is 10.1. The normalized spacial score (nSPS) is 11.2. The number of hydrogen-bond acceptors (Lipinski definition) is 1. The number of anilines is 2. The molecule has 0 fully saturated rings. The van der Waals surface area contributed by atoms with Gasteiger partial charge in [0.05, 0.1) is 0 Å². The Kier molecular flexibility index (Phi) is 4.24. The summed E-state index contributed by atoms with van der Waals surface area (Å²) in [4.78, 5) is 0. The van der Waals surface area contributed by atoms with E-state index < -0.39 is 0 Å². The second-order valence-corrected chi connectivity index (χ2v) is 5.57. The summed E-state index contributed by atoms with van der Waals surface area (Å²) < 4.78 is 0. The van der Waals surface area contributed by atoms with Gasteiger partial charge < -0.3 is 5.32 Å². The number of aryl methyl sites for hydroxylation is 1. The van der Waals surface area contributed by atoms with Crippen LogP contribution in [-0.4, -0.2) is 0 Å². The van der Waals surface area contributed by atoms with Gasteiger partial charge in [-0.3, -0.25) is 0 Å². The van der Waals surface area contributed by atoms with Crippen molar-refractivity contribution in [2.45, 2.75) is 20.3 Å². The number of nitrogens with one attached hydrogen (secondary N) is 1. The second kappa shape index (κ2) is 6.48. The first-order valence-electron chi connectivity index (χ1n) is 7.79. The average Bonchev–Trinajstić information content (AvgIpc) is 2.55. The molecule has 0 radical (unpaired) electrons. The van der Waals surface area contributed by atoms with Gasteiger partial charge in [-0.25, -0.2) is 0 Å². The van der Waals surface area contributed by atoms with Gasteiger partial charge in [-0.05, 0) is 59.5 Å².